The summed E-state index contributed by atoms with van der Waals surface area (Å²) in [6, 6.07) is 8.62. The minimum atomic E-state index is 0. The van der Waals surface area contributed by atoms with Gasteiger partial charge in [0.2, 0.25) is 0 Å². The van der Waals surface area contributed by atoms with Gasteiger partial charge in [0.15, 0.2) is 0 Å². The number of aryl methyl sites for hydroxylation is 1. The normalized spacial score (nSPS) is 11.3. The maximum atomic E-state index is 2.28. The highest BCUT2D eigenvalue weighted by atomic mass is 35.5. The summed E-state index contributed by atoms with van der Waals surface area (Å²) in [7, 11) is 4.40. The molecule has 0 aliphatic rings. The van der Waals surface area contributed by atoms with Gasteiger partial charge < -0.3 is 17.3 Å². The van der Waals surface area contributed by atoms with Gasteiger partial charge in [0.25, 0.3) is 0 Å². The van der Waals surface area contributed by atoms with Crippen molar-refractivity contribution in [3.05, 3.63) is 35.4 Å². The quantitative estimate of drug-likeness (QED) is 0.603. The third-order valence-corrected chi connectivity index (χ3v) is 3.07. The van der Waals surface area contributed by atoms with E-state index in [0.717, 1.165) is 0 Å². The lowest BCUT2D eigenvalue weighted by atomic mass is 9.89. The van der Waals surface area contributed by atoms with Gasteiger partial charge in [-0.05, 0) is 26.3 Å². The predicted octanol–water partition coefficient (Wildman–Crippen LogP) is -1.62. The fourth-order valence-corrected chi connectivity index (χ4v) is 1.54. The zero-order valence-corrected chi connectivity index (χ0v) is 10.4. The SMILES string of the molecule is Cc1ccccc1C(C)(C)[NH+](C)C.[Cl-]. The summed E-state index contributed by atoms with van der Waals surface area (Å²) in [5.74, 6) is 0. The summed E-state index contributed by atoms with van der Waals surface area (Å²) < 4.78 is 0. The molecule has 0 spiro atoms. The predicted molar refractivity (Wildman–Crippen MR) is 57.0 cm³/mol. The van der Waals surface area contributed by atoms with Gasteiger partial charge in [0, 0.05) is 5.56 Å². The maximum absolute atomic E-state index is 2.28. The van der Waals surface area contributed by atoms with Gasteiger partial charge in [-0.3, -0.25) is 0 Å². The van der Waals surface area contributed by atoms with E-state index < -0.39 is 0 Å². The lowest BCUT2D eigenvalue weighted by Gasteiger charge is -2.30. The van der Waals surface area contributed by atoms with Gasteiger partial charge >= 0.3 is 0 Å². The van der Waals surface area contributed by atoms with Crippen LogP contribution in [0.15, 0.2) is 24.3 Å². The van der Waals surface area contributed by atoms with Crippen molar-refractivity contribution < 1.29 is 17.3 Å². The molecule has 1 aromatic rings. The highest BCUT2D eigenvalue weighted by Crippen LogP contribution is 2.19. The molecule has 0 saturated carbocycles. The van der Waals surface area contributed by atoms with Crippen LogP contribution in [0.1, 0.15) is 25.0 Å². The first-order chi connectivity index (χ1) is 5.96. The molecule has 80 valence electrons. The van der Waals surface area contributed by atoms with E-state index >= 15 is 0 Å². The molecule has 0 saturated heterocycles. The Labute approximate surface area is 93.5 Å². The fraction of sp³-hybridized carbons (Fsp3) is 0.500. The van der Waals surface area contributed by atoms with Crippen LogP contribution >= 0.6 is 0 Å². The number of nitrogens with one attached hydrogen (secondary N) is 1. The molecule has 1 aromatic carbocycles. The number of rotatable bonds is 2. The molecule has 1 nitrogen and oxygen atoms in total. The molecule has 0 amide bonds. The molecule has 0 fully saturated rings. The van der Waals surface area contributed by atoms with E-state index in [0.29, 0.717) is 0 Å². The maximum Gasteiger partial charge on any atom is 0.117 e. The molecule has 0 aliphatic carbocycles. The minimum absolute atomic E-state index is 0. The zero-order chi connectivity index (χ0) is 10.1. The Hall–Kier alpha value is -0.530. The second-order valence-corrected chi connectivity index (χ2v) is 4.44. The summed E-state index contributed by atoms with van der Waals surface area (Å²) >= 11 is 0. The highest BCUT2D eigenvalue weighted by molar-refractivity contribution is 5.29. The van der Waals surface area contributed by atoms with Crippen LogP contribution in [-0.4, -0.2) is 14.1 Å². The van der Waals surface area contributed by atoms with Crippen molar-refractivity contribution in [3.8, 4) is 0 Å². The van der Waals surface area contributed by atoms with Crippen LogP contribution in [0.25, 0.3) is 0 Å². The van der Waals surface area contributed by atoms with E-state index in [-0.39, 0.29) is 17.9 Å². The third-order valence-electron chi connectivity index (χ3n) is 3.07. The second kappa shape index (κ2) is 4.81. The van der Waals surface area contributed by atoms with Crippen LogP contribution in [-0.2, 0) is 5.54 Å². The molecule has 2 heteroatoms. The zero-order valence-electron chi connectivity index (χ0n) is 9.69. The first kappa shape index (κ1) is 13.5. The van der Waals surface area contributed by atoms with Gasteiger partial charge in [-0.1, -0.05) is 24.3 Å². The highest BCUT2D eigenvalue weighted by Gasteiger charge is 2.27. The molecule has 0 heterocycles. The number of hydrogen-bond acceptors (Lipinski definition) is 0. The Bertz CT molecular complexity index is 292. The molecule has 0 bridgehead atoms. The molecule has 1 N–H and O–H groups in total. The number of halogens is 1. The van der Waals surface area contributed by atoms with E-state index in [2.05, 4.69) is 59.1 Å². The Balaban J connectivity index is 0.00000169. The Morgan fingerprint density at radius 1 is 1.07 bits per heavy atom. The van der Waals surface area contributed by atoms with E-state index in [9.17, 15) is 0 Å². The monoisotopic (exact) mass is 213 g/mol. The van der Waals surface area contributed by atoms with Crippen molar-refractivity contribution in [1.82, 2.24) is 0 Å². The Morgan fingerprint density at radius 3 is 2.00 bits per heavy atom. The summed E-state index contributed by atoms with van der Waals surface area (Å²) in [5, 5.41) is 0. The van der Waals surface area contributed by atoms with Crippen LogP contribution in [0.2, 0.25) is 0 Å². The Kier molecular flexibility index (Phi) is 4.63. The van der Waals surface area contributed by atoms with E-state index in [1.165, 1.54) is 16.0 Å². The summed E-state index contributed by atoms with van der Waals surface area (Å²) in [6.07, 6.45) is 0. The summed E-state index contributed by atoms with van der Waals surface area (Å²) in [5.41, 5.74) is 3.02. The van der Waals surface area contributed by atoms with Gasteiger partial charge in [0.05, 0.1) is 14.1 Å². The van der Waals surface area contributed by atoms with Crippen molar-refractivity contribution in [2.75, 3.05) is 14.1 Å². The van der Waals surface area contributed by atoms with Gasteiger partial charge in [-0.25, -0.2) is 0 Å². The van der Waals surface area contributed by atoms with Crippen molar-refractivity contribution in [2.45, 2.75) is 26.3 Å². The van der Waals surface area contributed by atoms with Crippen LogP contribution < -0.4 is 17.3 Å². The van der Waals surface area contributed by atoms with Crippen LogP contribution in [0.3, 0.4) is 0 Å². The smallest absolute Gasteiger partial charge is 0.117 e. The number of quaternary nitrogens is 1. The van der Waals surface area contributed by atoms with E-state index in [1.54, 1.807) is 0 Å². The summed E-state index contributed by atoms with van der Waals surface area (Å²) in [4.78, 5) is 1.46. The lowest BCUT2D eigenvalue weighted by molar-refractivity contribution is -0.919. The van der Waals surface area contributed by atoms with Crippen molar-refractivity contribution in [3.63, 3.8) is 0 Å². The molecule has 1 rings (SSSR count). The average Bonchev–Trinajstić information content (AvgIpc) is 2.04. The molecule has 0 radical (unpaired) electrons. The van der Waals surface area contributed by atoms with Gasteiger partial charge in [0.1, 0.15) is 5.54 Å². The molecule has 0 atom stereocenters. The first-order valence-electron chi connectivity index (χ1n) is 4.83. The second-order valence-electron chi connectivity index (χ2n) is 4.44. The van der Waals surface area contributed by atoms with Crippen LogP contribution in [0.4, 0.5) is 0 Å². The van der Waals surface area contributed by atoms with Crippen LogP contribution in [0.5, 0.6) is 0 Å². The largest absolute Gasteiger partial charge is 1.00 e. The number of hydrogen-bond donors (Lipinski definition) is 1. The minimum Gasteiger partial charge on any atom is -1.00 e. The molecule has 0 unspecified atom stereocenters. The van der Waals surface area contributed by atoms with Crippen molar-refractivity contribution in [2.24, 2.45) is 0 Å². The summed E-state index contributed by atoms with van der Waals surface area (Å²) in [6.45, 7) is 6.75. The fourth-order valence-electron chi connectivity index (χ4n) is 1.54. The molecule has 0 aromatic heterocycles. The number of benzene rings is 1. The lowest BCUT2D eigenvalue weighted by Crippen LogP contribution is -3.12. The van der Waals surface area contributed by atoms with Gasteiger partial charge in [-0.2, -0.15) is 0 Å². The molecular weight excluding hydrogens is 194 g/mol. The topological polar surface area (TPSA) is 4.44 Å². The molecular formula is C12H20ClN. The van der Waals surface area contributed by atoms with Crippen LogP contribution in [0, 0.1) is 6.92 Å². The van der Waals surface area contributed by atoms with E-state index in [4.69, 9.17) is 0 Å². The first-order valence-corrected chi connectivity index (χ1v) is 4.83. The third kappa shape index (κ3) is 2.49. The molecule has 14 heavy (non-hydrogen) atoms. The standard InChI is InChI=1S/C12H19N.ClH/c1-10-8-6-7-9-11(10)12(2,3)13(4)5;/h6-9H,1-5H3;1H. The Morgan fingerprint density at radius 2 is 1.57 bits per heavy atom. The molecule has 0 aliphatic heterocycles. The van der Waals surface area contributed by atoms with E-state index in [1.807, 2.05) is 0 Å². The van der Waals surface area contributed by atoms with Gasteiger partial charge in [-0.15, -0.1) is 0 Å². The average molecular weight is 214 g/mol. The van der Waals surface area contributed by atoms with Crippen molar-refractivity contribution in [1.29, 1.82) is 0 Å². The van der Waals surface area contributed by atoms with Crippen molar-refractivity contribution >= 4 is 0 Å².